The Balaban J connectivity index is 2.53. The minimum atomic E-state index is -3.64. The first-order valence-electron chi connectivity index (χ1n) is 5.17. The smallest absolute Gasteiger partial charge is 0.240 e. The van der Waals surface area contributed by atoms with Crippen molar-refractivity contribution in [3.05, 3.63) is 30.1 Å². The van der Waals surface area contributed by atoms with Crippen molar-refractivity contribution in [2.75, 3.05) is 6.54 Å². The van der Waals surface area contributed by atoms with Crippen LogP contribution in [0.2, 0.25) is 0 Å². The summed E-state index contributed by atoms with van der Waals surface area (Å²) < 4.78 is 38.4. The van der Waals surface area contributed by atoms with Gasteiger partial charge in [-0.3, -0.25) is 0 Å². The lowest BCUT2D eigenvalue weighted by molar-refractivity contribution is 0.316. The minimum Gasteiger partial charge on any atom is -0.409 e. The Kier molecular flexibility index (Phi) is 5.05. The zero-order valence-electron chi connectivity index (χ0n) is 9.51. The van der Waals surface area contributed by atoms with Crippen molar-refractivity contribution >= 4 is 15.9 Å². The molecule has 0 unspecified atom stereocenters. The molecular formula is C10H14FN3O3S. The first-order valence-corrected chi connectivity index (χ1v) is 6.65. The lowest BCUT2D eigenvalue weighted by atomic mass is 10.3. The molecule has 0 aliphatic heterocycles. The Bertz CT molecular complexity index is 514. The number of nitrogens with two attached hydrogens (primary N) is 1. The van der Waals surface area contributed by atoms with Crippen molar-refractivity contribution in [1.82, 2.24) is 4.72 Å². The van der Waals surface area contributed by atoms with E-state index in [0.717, 1.165) is 12.1 Å². The highest BCUT2D eigenvalue weighted by atomic mass is 32.2. The summed E-state index contributed by atoms with van der Waals surface area (Å²) in [6.07, 6.45) is 0.679. The average molecular weight is 275 g/mol. The predicted molar refractivity (Wildman–Crippen MR) is 64.2 cm³/mol. The number of hydrogen-bond donors (Lipinski definition) is 3. The van der Waals surface area contributed by atoms with Gasteiger partial charge in [0.05, 0.1) is 4.90 Å². The highest BCUT2D eigenvalue weighted by Gasteiger charge is 2.12. The van der Waals surface area contributed by atoms with E-state index >= 15 is 0 Å². The van der Waals surface area contributed by atoms with Crippen LogP contribution < -0.4 is 10.5 Å². The predicted octanol–water partition coefficient (Wildman–Crippen LogP) is 0.631. The van der Waals surface area contributed by atoms with Gasteiger partial charge in [-0.2, -0.15) is 0 Å². The van der Waals surface area contributed by atoms with E-state index < -0.39 is 15.8 Å². The van der Waals surface area contributed by atoms with E-state index in [0.29, 0.717) is 6.42 Å². The van der Waals surface area contributed by atoms with Gasteiger partial charge in [-0.1, -0.05) is 5.16 Å². The molecule has 0 heterocycles. The van der Waals surface area contributed by atoms with Crippen LogP contribution in [0.1, 0.15) is 12.8 Å². The third-order valence-corrected chi connectivity index (χ3v) is 3.63. The third kappa shape index (κ3) is 4.30. The third-order valence-electron chi connectivity index (χ3n) is 2.15. The van der Waals surface area contributed by atoms with Crippen LogP contribution in [0.25, 0.3) is 0 Å². The number of nitrogens with one attached hydrogen (secondary N) is 1. The quantitative estimate of drug-likeness (QED) is 0.233. The molecule has 1 rings (SSSR count). The fraction of sp³-hybridized carbons (Fsp3) is 0.300. The highest BCUT2D eigenvalue weighted by Crippen LogP contribution is 2.09. The van der Waals surface area contributed by atoms with Crippen LogP contribution in [0.3, 0.4) is 0 Å². The molecule has 0 aliphatic carbocycles. The van der Waals surface area contributed by atoms with Crippen molar-refractivity contribution in [1.29, 1.82) is 0 Å². The van der Waals surface area contributed by atoms with E-state index in [1.807, 2.05) is 0 Å². The molecule has 0 aliphatic rings. The molecule has 4 N–H and O–H groups in total. The zero-order chi connectivity index (χ0) is 13.6. The highest BCUT2D eigenvalue weighted by molar-refractivity contribution is 7.89. The molecule has 18 heavy (non-hydrogen) atoms. The second-order valence-corrected chi connectivity index (χ2v) is 5.31. The number of benzene rings is 1. The van der Waals surface area contributed by atoms with Gasteiger partial charge in [0.1, 0.15) is 11.7 Å². The molecule has 100 valence electrons. The van der Waals surface area contributed by atoms with Crippen LogP contribution >= 0.6 is 0 Å². The van der Waals surface area contributed by atoms with Gasteiger partial charge in [0.15, 0.2) is 0 Å². The molecule has 1 aromatic rings. The molecular weight excluding hydrogens is 261 g/mol. The van der Waals surface area contributed by atoms with Crippen molar-refractivity contribution in [2.24, 2.45) is 10.9 Å². The summed E-state index contributed by atoms with van der Waals surface area (Å²) in [4.78, 5) is -0.00676. The van der Waals surface area contributed by atoms with Crippen molar-refractivity contribution in [3.63, 3.8) is 0 Å². The molecule has 0 saturated heterocycles. The molecule has 0 aromatic heterocycles. The first-order chi connectivity index (χ1) is 8.45. The fourth-order valence-electron chi connectivity index (χ4n) is 1.22. The summed E-state index contributed by atoms with van der Waals surface area (Å²) in [7, 11) is -3.64. The number of hydrogen-bond acceptors (Lipinski definition) is 4. The fourth-order valence-corrected chi connectivity index (χ4v) is 2.30. The Labute approximate surface area is 104 Å². The van der Waals surface area contributed by atoms with Gasteiger partial charge in [-0.05, 0) is 30.7 Å². The molecule has 0 atom stereocenters. The molecule has 0 spiro atoms. The lowest BCUT2D eigenvalue weighted by Crippen LogP contribution is -2.25. The lowest BCUT2D eigenvalue weighted by Gasteiger charge is -2.06. The molecule has 0 fully saturated rings. The summed E-state index contributed by atoms with van der Waals surface area (Å²) >= 11 is 0. The topological polar surface area (TPSA) is 105 Å². The second kappa shape index (κ2) is 6.31. The van der Waals surface area contributed by atoms with Crippen LogP contribution in [-0.4, -0.2) is 26.0 Å². The number of amidine groups is 1. The van der Waals surface area contributed by atoms with Gasteiger partial charge in [-0.15, -0.1) is 0 Å². The molecule has 0 saturated carbocycles. The summed E-state index contributed by atoms with van der Waals surface area (Å²) in [5, 5.41) is 11.1. The van der Waals surface area contributed by atoms with E-state index in [9.17, 15) is 12.8 Å². The first kappa shape index (κ1) is 14.4. The number of nitrogens with zero attached hydrogens (tertiary/aromatic N) is 1. The minimum absolute atomic E-state index is 0.00676. The van der Waals surface area contributed by atoms with Crippen LogP contribution in [0.4, 0.5) is 4.39 Å². The molecule has 0 amide bonds. The number of sulfonamides is 1. The van der Waals surface area contributed by atoms with E-state index in [1.54, 1.807) is 0 Å². The van der Waals surface area contributed by atoms with E-state index in [2.05, 4.69) is 9.88 Å². The largest absolute Gasteiger partial charge is 0.409 e. The zero-order valence-corrected chi connectivity index (χ0v) is 10.3. The molecule has 0 bridgehead atoms. The van der Waals surface area contributed by atoms with E-state index in [-0.39, 0.29) is 23.7 Å². The summed E-state index contributed by atoms with van der Waals surface area (Å²) in [6.45, 7) is 0.149. The maximum Gasteiger partial charge on any atom is 0.240 e. The standard InChI is InChI=1S/C10H14FN3O3S/c11-8-3-5-9(6-4-8)18(16,17)13-7-1-2-10(12)14-15/h3-6,13,15H,1-2,7H2,(H2,12,14). The Morgan fingerprint density at radius 3 is 2.56 bits per heavy atom. The maximum absolute atomic E-state index is 12.6. The molecule has 0 radical (unpaired) electrons. The van der Waals surface area contributed by atoms with Gasteiger partial charge in [0, 0.05) is 13.0 Å². The Morgan fingerprint density at radius 1 is 1.39 bits per heavy atom. The van der Waals surface area contributed by atoms with Crippen LogP contribution in [-0.2, 0) is 10.0 Å². The van der Waals surface area contributed by atoms with Crippen molar-refractivity contribution in [2.45, 2.75) is 17.7 Å². The van der Waals surface area contributed by atoms with Crippen LogP contribution in [0.5, 0.6) is 0 Å². The van der Waals surface area contributed by atoms with Gasteiger partial charge in [-0.25, -0.2) is 17.5 Å². The molecule has 1 aromatic carbocycles. The van der Waals surface area contributed by atoms with Crippen LogP contribution in [0, 0.1) is 5.82 Å². The van der Waals surface area contributed by atoms with Gasteiger partial charge < -0.3 is 10.9 Å². The number of oxime groups is 1. The summed E-state index contributed by atoms with van der Waals surface area (Å²) in [6, 6.07) is 4.51. The normalized spacial score (nSPS) is 12.6. The van der Waals surface area contributed by atoms with Crippen LogP contribution in [0.15, 0.2) is 34.3 Å². The average Bonchev–Trinajstić information content (AvgIpc) is 2.35. The van der Waals surface area contributed by atoms with E-state index in [4.69, 9.17) is 10.9 Å². The number of rotatable bonds is 6. The van der Waals surface area contributed by atoms with Gasteiger partial charge in [0.2, 0.25) is 10.0 Å². The number of halogens is 1. The van der Waals surface area contributed by atoms with Crippen molar-refractivity contribution in [3.8, 4) is 0 Å². The second-order valence-electron chi connectivity index (χ2n) is 3.55. The summed E-state index contributed by atoms with van der Waals surface area (Å²) in [5.41, 5.74) is 5.23. The molecule has 6 nitrogen and oxygen atoms in total. The molecule has 8 heteroatoms. The van der Waals surface area contributed by atoms with Gasteiger partial charge >= 0.3 is 0 Å². The Morgan fingerprint density at radius 2 is 2.00 bits per heavy atom. The monoisotopic (exact) mass is 275 g/mol. The van der Waals surface area contributed by atoms with Crippen molar-refractivity contribution < 1.29 is 18.0 Å². The van der Waals surface area contributed by atoms with Gasteiger partial charge in [0.25, 0.3) is 0 Å². The summed E-state index contributed by atoms with van der Waals surface area (Å²) in [5.74, 6) is -0.461. The maximum atomic E-state index is 12.6. The van der Waals surface area contributed by atoms with E-state index in [1.165, 1.54) is 12.1 Å². The Hall–Kier alpha value is -1.67. The SMILES string of the molecule is N/C(CCCNS(=O)(=O)c1ccc(F)cc1)=N/O.